The standard InChI is InChI=1S/C8H7ClFNO3/c1-14-8-6(10)2-5(4-9)3-7(8)11(12)13/h2-3H,4H2,1H3. The van der Waals surface area contributed by atoms with Gasteiger partial charge in [-0.2, -0.15) is 0 Å². The maximum atomic E-state index is 13.2. The Bertz CT molecular complexity index is 370. The number of hydrogen-bond acceptors (Lipinski definition) is 3. The van der Waals surface area contributed by atoms with E-state index in [1.165, 1.54) is 13.2 Å². The second kappa shape index (κ2) is 4.23. The zero-order valence-electron chi connectivity index (χ0n) is 7.29. The molecule has 0 heterocycles. The number of nitro groups is 1. The first-order valence-corrected chi connectivity index (χ1v) is 4.20. The summed E-state index contributed by atoms with van der Waals surface area (Å²) in [5.41, 5.74) is -0.0696. The number of methoxy groups -OCH3 is 1. The molecule has 0 aliphatic heterocycles. The smallest absolute Gasteiger partial charge is 0.314 e. The maximum Gasteiger partial charge on any atom is 0.314 e. The second-order valence-electron chi connectivity index (χ2n) is 2.52. The van der Waals surface area contributed by atoms with E-state index in [-0.39, 0.29) is 11.6 Å². The SMILES string of the molecule is COc1c(F)cc(CCl)cc1[N+](=O)[O-]. The molecule has 0 radical (unpaired) electrons. The first kappa shape index (κ1) is 10.7. The molecule has 0 aliphatic carbocycles. The van der Waals surface area contributed by atoms with Crippen LogP contribution in [0, 0.1) is 15.9 Å². The van der Waals surface area contributed by atoms with Crippen LogP contribution in [0.3, 0.4) is 0 Å². The Balaban J connectivity index is 3.35. The minimum Gasteiger partial charge on any atom is -0.488 e. The number of nitrogens with zero attached hydrogens (tertiary/aromatic N) is 1. The summed E-state index contributed by atoms with van der Waals surface area (Å²) in [6.07, 6.45) is 0. The zero-order valence-corrected chi connectivity index (χ0v) is 8.05. The Kier molecular flexibility index (Phi) is 3.24. The summed E-state index contributed by atoms with van der Waals surface area (Å²) in [7, 11) is 1.17. The van der Waals surface area contributed by atoms with Crippen LogP contribution in [0.4, 0.5) is 10.1 Å². The predicted octanol–water partition coefficient (Wildman–Crippen LogP) is 2.48. The van der Waals surface area contributed by atoms with E-state index < -0.39 is 16.4 Å². The van der Waals surface area contributed by atoms with Crippen LogP contribution in [0.25, 0.3) is 0 Å². The number of rotatable bonds is 3. The molecule has 6 heteroatoms. The average molecular weight is 220 g/mol. The Morgan fingerprint density at radius 3 is 2.71 bits per heavy atom. The number of nitro benzene ring substituents is 1. The molecular weight excluding hydrogens is 213 g/mol. The molecule has 0 atom stereocenters. The van der Waals surface area contributed by atoms with Crippen molar-refractivity contribution in [1.82, 2.24) is 0 Å². The first-order valence-electron chi connectivity index (χ1n) is 3.67. The molecule has 0 N–H and O–H groups in total. The normalized spacial score (nSPS) is 9.93. The Morgan fingerprint density at radius 1 is 1.64 bits per heavy atom. The van der Waals surface area contributed by atoms with E-state index in [9.17, 15) is 14.5 Å². The molecule has 4 nitrogen and oxygen atoms in total. The topological polar surface area (TPSA) is 52.4 Å². The highest BCUT2D eigenvalue weighted by atomic mass is 35.5. The molecule has 0 unspecified atom stereocenters. The van der Waals surface area contributed by atoms with Gasteiger partial charge in [-0.15, -0.1) is 11.6 Å². The zero-order chi connectivity index (χ0) is 10.7. The summed E-state index contributed by atoms with van der Waals surface area (Å²) in [6.45, 7) is 0. The third-order valence-corrected chi connectivity index (χ3v) is 1.95. The molecule has 14 heavy (non-hydrogen) atoms. The molecule has 0 saturated carbocycles. The fourth-order valence-electron chi connectivity index (χ4n) is 1.05. The van der Waals surface area contributed by atoms with Gasteiger partial charge in [0.1, 0.15) is 0 Å². The Labute approximate surface area is 84.4 Å². The summed E-state index contributed by atoms with van der Waals surface area (Å²) in [5, 5.41) is 10.5. The number of ether oxygens (including phenoxy) is 1. The van der Waals surface area contributed by atoms with Gasteiger partial charge in [-0.25, -0.2) is 4.39 Å². The summed E-state index contributed by atoms with van der Waals surface area (Å²) in [5.74, 6) is -1.14. The van der Waals surface area contributed by atoms with Gasteiger partial charge in [0.2, 0.25) is 5.75 Å². The van der Waals surface area contributed by atoms with Crippen LogP contribution in [0.15, 0.2) is 12.1 Å². The largest absolute Gasteiger partial charge is 0.488 e. The van der Waals surface area contributed by atoms with E-state index in [0.29, 0.717) is 5.56 Å². The summed E-state index contributed by atoms with van der Waals surface area (Å²) in [4.78, 5) is 9.81. The van der Waals surface area contributed by atoms with Gasteiger partial charge >= 0.3 is 5.69 Å². The van der Waals surface area contributed by atoms with Crippen molar-refractivity contribution in [2.45, 2.75) is 5.88 Å². The van der Waals surface area contributed by atoms with Gasteiger partial charge in [0.25, 0.3) is 0 Å². The van der Waals surface area contributed by atoms with Crippen molar-refractivity contribution in [2.75, 3.05) is 7.11 Å². The van der Waals surface area contributed by atoms with Crippen molar-refractivity contribution in [2.24, 2.45) is 0 Å². The predicted molar refractivity (Wildman–Crippen MR) is 49.2 cm³/mol. The quantitative estimate of drug-likeness (QED) is 0.446. The third-order valence-electron chi connectivity index (χ3n) is 1.64. The van der Waals surface area contributed by atoms with E-state index in [4.69, 9.17) is 11.6 Å². The van der Waals surface area contributed by atoms with Gasteiger partial charge in [0.05, 0.1) is 12.0 Å². The van der Waals surface area contributed by atoms with Gasteiger partial charge < -0.3 is 4.74 Å². The molecule has 1 aromatic rings. The molecule has 0 bridgehead atoms. The van der Waals surface area contributed by atoms with E-state index in [0.717, 1.165) is 6.07 Å². The van der Waals surface area contributed by atoms with E-state index in [1.807, 2.05) is 0 Å². The molecule has 0 spiro atoms. The van der Waals surface area contributed by atoms with Crippen LogP contribution in [0.1, 0.15) is 5.56 Å². The lowest BCUT2D eigenvalue weighted by Crippen LogP contribution is -1.98. The first-order chi connectivity index (χ1) is 6.60. The highest BCUT2D eigenvalue weighted by molar-refractivity contribution is 6.17. The Morgan fingerprint density at radius 2 is 2.29 bits per heavy atom. The van der Waals surface area contributed by atoms with Crippen LogP contribution in [0.2, 0.25) is 0 Å². The molecule has 76 valence electrons. The molecule has 0 aliphatic rings. The van der Waals surface area contributed by atoms with Crippen molar-refractivity contribution in [1.29, 1.82) is 0 Å². The van der Waals surface area contributed by atoms with Crippen molar-refractivity contribution < 1.29 is 14.1 Å². The lowest BCUT2D eigenvalue weighted by Gasteiger charge is -2.04. The van der Waals surface area contributed by atoms with Crippen molar-refractivity contribution in [3.05, 3.63) is 33.6 Å². The molecule has 0 aromatic heterocycles. The third kappa shape index (κ3) is 1.93. The van der Waals surface area contributed by atoms with E-state index >= 15 is 0 Å². The number of alkyl halides is 1. The molecule has 0 fully saturated rings. The lowest BCUT2D eigenvalue weighted by atomic mass is 10.2. The molecular formula is C8H7ClFNO3. The van der Waals surface area contributed by atoms with E-state index in [1.54, 1.807) is 0 Å². The van der Waals surface area contributed by atoms with Crippen molar-refractivity contribution >= 4 is 17.3 Å². The van der Waals surface area contributed by atoms with Crippen LogP contribution >= 0.6 is 11.6 Å². The minimum atomic E-state index is -0.780. The average Bonchev–Trinajstić information content (AvgIpc) is 2.16. The maximum absolute atomic E-state index is 13.2. The van der Waals surface area contributed by atoms with Crippen LogP contribution in [-0.2, 0) is 5.88 Å². The van der Waals surface area contributed by atoms with Crippen LogP contribution in [0.5, 0.6) is 5.75 Å². The highest BCUT2D eigenvalue weighted by Gasteiger charge is 2.20. The number of halogens is 2. The molecule has 0 amide bonds. The fraction of sp³-hybridized carbons (Fsp3) is 0.250. The Hall–Kier alpha value is -1.36. The lowest BCUT2D eigenvalue weighted by molar-refractivity contribution is -0.386. The molecule has 1 aromatic carbocycles. The van der Waals surface area contributed by atoms with Gasteiger partial charge in [-0.3, -0.25) is 10.1 Å². The van der Waals surface area contributed by atoms with Crippen LogP contribution in [-0.4, -0.2) is 12.0 Å². The summed E-state index contributed by atoms with van der Waals surface area (Å²) in [6, 6.07) is 2.30. The molecule has 1 rings (SSSR count). The van der Waals surface area contributed by atoms with Gasteiger partial charge in [0, 0.05) is 11.9 Å². The minimum absolute atomic E-state index is 0.0156. The van der Waals surface area contributed by atoms with Gasteiger partial charge in [-0.05, 0) is 11.6 Å². The second-order valence-corrected chi connectivity index (χ2v) is 2.79. The number of benzene rings is 1. The van der Waals surface area contributed by atoms with Crippen molar-refractivity contribution in [3.8, 4) is 5.75 Å². The fourth-order valence-corrected chi connectivity index (χ4v) is 1.20. The summed E-state index contributed by atoms with van der Waals surface area (Å²) < 4.78 is 17.7. The molecule has 0 saturated heterocycles. The van der Waals surface area contributed by atoms with Gasteiger partial charge in [0.15, 0.2) is 5.82 Å². The number of hydrogen-bond donors (Lipinski definition) is 0. The van der Waals surface area contributed by atoms with Gasteiger partial charge in [-0.1, -0.05) is 0 Å². The van der Waals surface area contributed by atoms with E-state index in [2.05, 4.69) is 4.74 Å². The summed E-state index contributed by atoms with van der Waals surface area (Å²) >= 11 is 5.44. The highest BCUT2D eigenvalue weighted by Crippen LogP contribution is 2.31. The van der Waals surface area contributed by atoms with Crippen LogP contribution < -0.4 is 4.74 Å². The van der Waals surface area contributed by atoms with Crippen molar-refractivity contribution in [3.63, 3.8) is 0 Å². The monoisotopic (exact) mass is 219 g/mol.